The van der Waals surface area contributed by atoms with E-state index < -0.39 is 0 Å². The van der Waals surface area contributed by atoms with E-state index in [1.54, 1.807) is 0 Å². The van der Waals surface area contributed by atoms with Gasteiger partial charge in [-0.1, -0.05) is 40.0 Å². The van der Waals surface area contributed by atoms with Gasteiger partial charge in [-0.15, -0.1) is 0 Å². The third-order valence-electron chi connectivity index (χ3n) is 4.09. The minimum atomic E-state index is 0.482. The molecule has 1 N–H and O–H groups in total. The van der Waals surface area contributed by atoms with Crippen LogP contribution < -0.4 is 5.32 Å². The normalized spacial score (nSPS) is 22.1. The van der Waals surface area contributed by atoms with E-state index in [0.29, 0.717) is 10.8 Å². The Labute approximate surface area is 125 Å². The molecule has 1 fully saturated rings. The molecule has 1 unspecified atom stereocenters. The van der Waals surface area contributed by atoms with E-state index in [1.807, 2.05) is 0 Å². The molecular weight excluding hydrogens is 252 g/mol. The van der Waals surface area contributed by atoms with Gasteiger partial charge in [-0.25, -0.2) is 0 Å². The quantitative estimate of drug-likeness (QED) is 0.684. The summed E-state index contributed by atoms with van der Waals surface area (Å²) in [7, 11) is 0. The van der Waals surface area contributed by atoms with Crippen molar-refractivity contribution < 1.29 is 0 Å². The summed E-state index contributed by atoms with van der Waals surface area (Å²) in [6, 6.07) is 0.685. The molecule has 1 heterocycles. The Kier molecular flexibility index (Phi) is 8.43. The van der Waals surface area contributed by atoms with Crippen LogP contribution in [0.5, 0.6) is 0 Å². The Morgan fingerprint density at radius 1 is 1.26 bits per heavy atom. The SMILES string of the molecule is CCCCCC(C)NCCN1CCSC(C)(C)CC1. The summed E-state index contributed by atoms with van der Waals surface area (Å²) < 4.78 is 0.482. The van der Waals surface area contributed by atoms with Crippen molar-refractivity contribution >= 4 is 11.8 Å². The molecular formula is C16H34N2S. The molecule has 3 heteroatoms. The molecule has 0 amide bonds. The van der Waals surface area contributed by atoms with Crippen LogP contribution in [-0.2, 0) is 0 Å². The van der Waals surface area contributed by atoms with Gasteiger partial charge in [-0.2, -0.15) is 11.8 Å². The molecule has 1 atom stereocenters. The van der Waals surface area contributed by atoms with Crippen molar-refractivity contribution in [1.82, 2.24) is 10.2 Å². The highest BCUT2D eigenvalue weighted by Gasteiger charge is 2.23. The summed E-state index contributed by atoms with van der Waals surface area (Å²) in [5.41, 5.74) is 0. The van der Waals surface area contributed by atoms with Crippen LogP contribution in [0.4, 0.5) is 0 Å². The highest BCUT2D eigenvalue weighted by Crippen LogP contribution is 2.30. The van der Waals surface area contributed by atoms with Gasteiger partial charge in [-0.3, -0.25) is 0 Å². The van der Waals surface area contributed by atoms with E-state index in [1.165, 1.54) is 57.5 Å². The smallest absolute Gasteiger partial charge is 0.0116 e. The molecule has 0 aromatic carbocycles. The highest BCUT2D eigenvalue weighted by molar-refractivity contribution is 8.00. The van der Waals surface area contributed by atoms with Gasteiger partial charge in [0.15, 0.2) is 0 Å². The summed E-state index contributed by atoms with van der Waals surface area (Å²) in [6.45, 7) is 14.3. The van der Waals surface area contributed by atoms with E-state index in [2.05, 4.69) is 49.7 Å². The maximum Gasteiger partial charge on any atom is 0.0116 e. The Bertz CT molecular complexity index is 231. The molecule has 0 radical (unpaired) electrons. The van der Waals surface area contributed by atoms with Crippen molar-refractivity contribution in [3.8, 4) is 0 Å². The Morgan fingerprint density at radius 3 is 2.79 bits per heavy atom. The zero-order valence-corrected chi connectivity index (χ0v) is 14.3. The van der Waals surface area contributed by atoms with Gasteiger partial charge in [0.05, 0.1) is 0 Å². The molecule has 0 spiro atoms. The minimum absolute atomic E-state index is 0.482. The fourth-order valence-corrected chi connectivity index (χ4v) is 3.70. The van der Waals surface area contributed by atoms with Gasteiger partial charge in [0, 0.05) is 36.2 Å². The van der Waals surface area contributed by atoms with E-state index in [4.69, 9.17) is 0 Å². The van der Waals surface area contributed by atoms with Crippen molar-refractivity contribution in [3.63, 3.8) is 0 Å². The van der Waals surface area contributed by atoms with Gasteiger partial charge in [0.1, 0.15) is 0 Å². The lowest BCUT2D eigenvalue weighted by Gasteiger charge is -2.23. The lowest BCUT2D eigenvalue weighted by atomic mass is 10.1. The first kappa shape index (κ1) is 17.3. The lowest BCUT2D eigenvalue weighted by molar-refractivity contribution is 0.278. The maximum absolute atomic E-state index is 3.68. The van der Waals surface area contributed by atoms with Crippen molar-refractivity contribution in [2.45, 2.75) is 70.6 Å². The maximum atomic E-state index is 3.68. The first-order valence-electron chi connectivity index (χ1n) is 8.13. The molecule has 0 aromatic rings. The second-order valence-corrected chi connectivity index (χ2v) is 8.35. The number of nitrogens with zero attached hydrogens (tertiary/aromatic N) is 1. The number of hydrogen-bond donors (Lipinski definition) is 1. The molecule has 1 aliphatic heterocycles. The van der Waals surface area contributed by atoms with E-state index in [-0.39, 0.29) is 0 Å². The van der Waals surface area contributed by atoms with Crippen LogP contribution in [0.25, 0.3) is 0 Å². The van der Waals surface area contributed by atoms with Crippen molar-refractivity contribution in [3.05, 3.63) is 0 Å². The number of nitrogens with one attached hydrogen (secondary N) is 1. The predicted octanol–water partition coefficient (Wildman–Crippen LogP) is 3.76. The first-order chi connectivity index (χ1) is 9.03. The molecule has 1 saturated heterocycles. The molecule has 0 aliphatic carbocycles. The highest BCUT2D eigenvalue weighted by atomic mass is 32.2. The second kappa shape index (κ2) is 9.25. The fourth-order valence-electron chi connectivity index (χ4n) is 2.56. The molecule has 2 nitrogen and oxygen atoms in total. The summed E-state index contributed by atoms with van der Waals surface area (Å²) in [5, 5.41) is 3.68. The third kappa shape index (κ3) is 8.21. The number of rotatable bonds is 8. The first-order valence-corrected chi connectivity index (χ1v) is 9.12. The molecule has 19 heavy (non-hydrogen) atoms. The van der Waals surface area contributed by atoms with Crippen LogP contribution in [0.2, 0.25) is 0 Å². The number of unbranched alkanes of at least 4 members (excludes halogenated alkanes) is 2. The largest absolute Gasteiger partial charge is 0.313 e. The van der Waals surface area contributed by atoms with Gasteiger partial charge in [0.2, 0.25) is 0 Å². The number of thioether (sulfide) groups is 1. The second-order valence-electron chi connectivity index (χ2n) is 6.55. The van der Waals surface area contributed by atoms with E-state index in [9.17, 15) is 0 Å². The Morgan fingerprint density at radius 2 is 2.05 bits per heavy atom. The Hall–Kier alpha value is 0.270. The summed E-state index contributed by atoms with van der Waals surface area (Å²) in [5.74, 6) is 1.29. The predicted molar refractivity (Wildman–Crippen MR) is 89.2 cm³/mol. The molecule has 1 rings (SSSR count). The molecule has 0 bridgehead atoms. The van der Waals surface area contributed by atoms with Crippen LogP contribution in [0.3, 0.4) is 0 Å². The lowest BCUT2D eigenvalue weighted by Crippen LogP contribution is -2.37. The molecule has 0 saturated carbocycles. The minimum Gasteiger partial charge on any atom is -0.313 e. The average Bonchev–Trinajstić information content (AvgIpc) is 2.51. The zero-order chi connectivity index (χ0) is 14.1. The van der Waals surface area contributed by atoms with Crippen molar-refractivity contribution in [2.75, 3.05) is 31.9 Å². The van der Waals surface area contributed by atoms with Crippen molar-refractivity contribution in [1.29, 1.82) is 0 Å². The van der Waals surface area contributed by atoms with Crippen molar-refractivity contribution in [2.24, 2.45) is 0 Å². The van der Waals surface area contributed by atoms with Gasteiger partial charge >= 0.3 is 0 Å². The average molecular weight is 287 g/mol. The van der Waals surface area contributed by atoms with Crippen LogP contribution in [0.15, 0.2) is 0 Å². The van der Waals surface area contributed by atoms with Gasteiger partial charge in [0.25, 0.3) is 0 Å². The van der Waals surface area contributed by atoms with Crippen LogP contribution in [0, 0.1) is 0 Å². The molecule has 114 valence electrons. The zero-order valence-electron chi connectivity index (χ0n) is 13.5. The topological polar surface area (TPSA) is 15.3 Å². The monoisotopic (exact) mass is 286 g/mol. The summed E-state index contributed by atoms with van der Waals surface area (Å²) in [4.78, 5) is 2.63. The van der Waals surface area contributed by atoms with Crippen LogP contribution in [0.1, 0.15) is 59.8 Å². The van der Waals surface area contributed by atoms with Gasteiger partial charge < -0.3 is 10.2 Å². The van der Waals surface area contributed by atoms with Crippen LogP contribution in [-0.4, -0.2) is 47.6 Å². The van der Waals surface area contributed by atoms with Crippen LogP contribution >= 0.6 is 11.8 Å². The number of hydrogen-bond acceptors (Lipinski definition) is 3. The fraction of sp³-hybridized carbons (Fsp3) is 1.00. The summed E-state index contributed by atoms with van der Waals surface area (Å²) in [6.07, 6.45) is 6.73. The Balaban J connectivity index is 2.08. The third-order valence-corrected chi connectivity index (χ3v) is 5.46. The van der Waals surface area contributed by atoms with Gasteiger partial charge in [-0.05, 0) is 26.3 Å². The van der Waals surface area contributed by atoms with E-state index in [0.717, 1.165) is 6.54 Å². The van der Waals surface area contributed by atoms with E-state index >= 15 is 0 Å². The standard InChI is InChI=1S/C16H34N2S/c1-5-6-7-8-15(2)17-10-12-18-11-9-16(3,4)19-14-13-18/h15,17H,5-14H2,1-4H3. The summed E-state index contributed by atoms with van der Waals surface area (Å²) >= 11 is 2.14. The molecule has 1 aliphatic rings. The molecule has 0 aromatic heterocycles.